The van der Waals surface area contributed by atoms with Gasteiger partial charge in [0, 0.05) is 6.54 Å². The van der Waals surface area contributed by atoms with Crippen LogP contribution in [0.15, 0.2) is 42.5 Å². The summed E-state index contributed by atoms with van der Waals surface area (Å²) >= 11 is 0. The maximum atomic E-state index is 12.5. The number of amides is 1. The number of hydrogen-bond acceptors (Lipinski definition) is 7. The Kier molecular flexibility index (Phi) is 8.75. The van der Waals surface area contributed by atoms with Gasteiger partial charge in [-0.25, -0.2) is 4.79 Å². The van der Waals surface area contributed by atoms with Crippen LogP contribution in [0.2, 0.25) is 0 Å². The molecule has 168 valence electrons. The summed E-state index contributed by atoms with van der Waals surface area (Å²) in [4.78, 5) is 34.7. The van der Waals surface area contributed by atoms with Gasteiger partial charge in [0.05, 0.1) is 12.4 Å². The van der Waals surface area contributed by atoms with Gasteiger partial charge >= 0.3 is 13.1 Å². The van der Waals surface area contributed by atoms with E-state index in [4.69, 9.17) is 15.9 Å². The van der Waals surface area contributed by atoms with Crippen molar-refractivity contribution in [3.05, 3.63) is 64.7 Å². The number of carbonyl (C=O) groups is 3. The van der Waals surface area contributed by atoms with Crippen molar-refractivity contribution in [2.45, 2.75) is 25.3 Å². The lowest BCUT2D eigenvalue weighted by Gasteiger charge is -2.20. The van der Waals surface area contributed by atoms with E-state index in [2.05, 4.69) is 10.6 Å². The Balaban J connectivity index is 2.13. The SMILES string of the molecule is N=C(N)NCc1cccc(CC(=O)N[C@@H](Cc2cccc(C(=O)O)c2OC=O)B(O)O)c1. The van der Waals surface area contributed by atoms with Gasteiger partial charge < -0.3 is 36.3 Å². The Morgan fingerprint density at radius 3 is 2.50 bits per heavy atom. The van der Waals surface area contributed by atoms with Crippen LogP contribution in [0.1, 0.15) is 27.0 Å². The van der Waals surface area contributed by atoms with E-state index < -0.39 is 24.9 Å². The number of carboxylic acids is 1. The van der Waals surface area contributed by atoms with Gasteiger partial charge in [-0.2, -0.15) is 0 Å². The van der Waals surface area contributed by atoms with Crippen LogP contribution in [0.3, 0.4) is 0 Å². The fourth-order valence-corrected chi connectivity index (χ4v) is 3.06. The molecule has 1 amide bonds. The highest BCUT2D eigenvalue weighted by molar-refractivity contribution is 6.43. The fourth-order valence-electron chi connectivity index (χ4n) is 3.06. The molecule has 0 radical (unpaired) electrons. The molecular weight excluding hydrogens is 419 g/mol. The number of nitrogens with one attached hydrogen (secondary N) is 3. The second-order valence-electron chi connectivity index (χ2n) is 6.87. The maximum absolute atomic E-state index is 12.5. The van der Waals surface area contributed by atoms with Crippen LogP contribution in [0.25, 0.3) is 0 Å². The lowest BCUT2D eigenvalue weighted by molar-refractivity contribution is -0.121. The zero-order valence-corrected chi connectivity index (χ0v) is 16.9. The third-order valence-electron chi connectivity index (χ3n) is 4.48. The van der Waals surface area contributed by atoms with E-state index in [9.17, 15) is 29.5 Å². The summed E-state index contributed by atoms with van der Waals surface area (Å²) in [5, 5.41) is 41.1. The third kappa shape index (κ3) is 7.11. The molecule has 11 nitrogen and oxygen atoms in total. The first-order valence-corrected chi connectivity index (χ1v) is 9.48. The van der Waals surface area contributed by atoms with E-state index in [-0.39, 0.29) is 42.1 Å². The molecule has 0 saturated heterocycles. The summed E-state index contributed by atoms with van der Waals surface area (Å²) in [6, 6.07) is 11.1. The second kappa shape index (κ2) is 11.5. The Bertz CT molecular complexity index is 1000. The summed E-state index contributed by atoms with van der Waals surface area (Å²) in [5.74, 6) is -3.44. The number of carbonyl (C=O) groups excluding carboxylic acids is 2. The highest BCUT2D eigenvalue weighted by Gasteiger charge is 2.28. The predicted molar refractivity (Wildman–Crippen MR) is 115 cm³/mol. The van der Waals surface area contributed by atoms with E-state index in [0.29, 0.717) is 12.1 Å². The third-order valence-corrected chi connectivity index (χ3v) is 4.48. The molecule has 0 aliphatic rings. The molecule has 1 atom stereocenters. The van der Waals surface area contributed by atoms with Crippen molar-refractivity contribution in [3.63, 3.8) is 0 Å². The number of hydrogen-bond donors (Lipinski definition) is 7. The van der Waals surface area contributed by atoms with Crippen molar-refractivity contribution in [2.24, 2.45) is 5.73 Å². The van der Waals surface area contributed by atoms with Gasteiger partial charge in [-0.3, -0.25) is 15.0 Å². The molecule has 0 aromatic heterocycles. The fraction of sp³-hybridized carbons (Fsp3) is 0.200. The van der Waals surface area contributed by atoms with Crippen molar-refractivity contribution in [3.8, 4) is 5.75 Å². The van der Waals surface area contributed by atoms with Crippen LogP contribution in [0.5, 0.6) is 5.75 Å². The molecule has 0 heterocycles. The normalized spacial score (nSPS) is 11.2. The maximum Gasteiger partial charge on any atom is 0.475 e. The lowest BCUT2D eigenvalue weighted by Crippen LogP contribution is -2.48. The summed E-state index contributed by atoms with van der Waals surface area (Å²) in [5.41, 5.74) is 6.63. The molecule has 0 aliphatic carbocycles. The quantitative estimate of drug-likeness (QED) is 0.101. The Labute approximate surface area is 183 Å². The minimum Gasteiger partial charge on any atom is -0.478 e. The molecular formula is C20H23BN4O7. The van der Waals surface area contributed by atoms with E-state index in [1.807, 2.05) is 0 Å². The molecule has 12 heteroatoms. The Hall–Kier alpha value is -3.90. The van der Waals surface area contributed by atoms with Crippen LogP contribution in [-0.2, 0) is 29.0 Å². The standard InChI is InChI=1S/C20H23BN4O7/c22-20(23)24-10-13-4-1-3-12(7-13)8-17(27)25-16(21(30)31)9-14-5-2-6-15(19(28)29)18(14)32-11-26/h1-7,11,16,30-31H,8-10H2,(H,25,27)(H,28,29)(H4,22,23,24)/t16-/m0/s1. The molecule has 2 rings (SSSR count). The van der Waals surface area contributed by atoms with Crippen LogP contribution < -0.4 is 21.1 Å². The molecule has 2 aromatic carbocycles. The number of para-hydroxylation sites is 1. The van der Waals surface area contributed by atoms with E-state index >= 15 is 0 Å². The highest BCUT2D eigenvalue weighted by Crippen LogP contribution is 2.25. The first-order chi connectivity index (χ1) is 15.2. The number of carboxylic acid groups (broad SMARTS) is 1. The number of nitrogens with two attached hydrogens (primary N) is 1. The van der Waals surface area contributed by atoms with Gasteiger partial charge in [0.2, 0.25) is 5.91 Å². The molecule has 0 spiro atoms. The largest absolute Gasteiger partial charge is 0.478 e. The molecule has 0 aliphatic heterocycles. The van der Waals surface area contributed by atoms with Crippen molar-refractivity contribution in [1.82, 2.24) is 10.6 Å². The van der Waals surface area contributed by atoms with Gasteiger partial charge in [0.1, 0.15) is 11.3 Å². The van der Waals surface area contributed by atoms with Crippen LogP contribution in [0, 0.1) is 5.41 Å². The van der Waals surface area contributed by atoms with Crippen molar-refractivity contribution in [2.75, 3.05) is 0 Å². The predicted octanol–water partition coefficient (Wildman–Crippen LogP) is -0.815. The first-order valence-electron chi connectivity index (χ1n) is 9.48. The first kappa shape index (κ1) is 24.4. The summed E-state index contributed by atoms with van der Waals surface area (Å²) in [6.45, 7) is 0.379. The van der Waals surface area contributed by atoms with E-state index in [0.717, 1.165) is 5.56 Å². The van der Waals surface area contributed by atoms with Crippen molar-refractivity contribution in [1.29, 1.82) is 5.41 Å². The number of guanidine groups is 1. The summed E-state index contributed by atoms with van der Waals surface area (Å²) < 4.78 is 4.80. The Morgan fingerprint density at radius 2 is 1.88 bits per heavy atom. The molecule has 0 fully saturated rings. The highest BCUT2D eigenvalue weighted by atomic mass is 16.5. The number of aromatic carboxylic acids is 1. The average Bonchev–Trinajstić information content (AvgIpc) is 2.73. The number of ether oxygens (including phenoxy) is 1. The second-order valence-corrected chi connectivity index (χ2v) is 6.87. The van der Waals surface area contributed by atoms with Crippen LogP contribution in [0.4, 0.5) is 0 Å². The van der Waals surface area contributed by atoms with Gasteiger partial charge in [-0.1, -0.05) is 36.4 Å². The van der Waals surface area contributed by atoms with E-state index in [1.165, 1.54) is 18.2 Å². The molecule has 0 bridgehead atoms. The van der Waals surface area contributed by atoms with Crippen LogP contribution in [-0.4, -0.2) is 52.5 Å². The molecule has 8 N–H and O–H groups in total. The zero-order valence-electron chi connectivity index (χ0n) is 16.9. The minimum atomic E-state index is -1.96. The van der Waals surface area contributed by atoms with E-state index in [1.54, 1.807) is 24.3 Å². The number of benzene rings is 2. The average molecular weight is 442 g/mol. The monoisotopic (exact) mass is 442 g/mol. The number of rotatable bonds is 11. The molecule has 0 saturated carbocycles. The molecule has 2 aromatic rings. The van der Waals surface area contributed by atoms with Gasteiger partial charge in [0.15, 0.2) is 5.96 Å². The van der Waals surface area contributed by atoms with Crippen molar-refractivity contribution < 1.29 is 34.3 Å². The topological polar surface area (TPSA) is 195 Å². The Morgan fingerprint density at radius 1 is 1.19 bits per heavy atom. The minimum absolute atomic E-state index is 0.0655. The van der Waals surface area contributed by atoms with Gasteiger partial charge in [0.25, 0.3) is 6.47 Å². The zero-order chi connectivity index (χ0) is 23.7. The lowest BCUT2D eigenvalue weighted by atomic mass is 9.75. The van der Waals surface area contributed by atoms with Gasteiger partial charge in [-0.05, 0) is 29.2 Å². The smallest absolute Gasteiger partial charge is 0.475 e. The van der Waals surface area contributed by atoms with Gasteiger partial charge in [-0.15, -0.1) is 0 Å². The van der Waals surface area contributed by atoms with Crippen LogP contribution >= 0.6 is 0 Å². The summed E-state index contributed by atoms with van der Waals surface area (Å²) in [7, 11) is -1.96. The molecule has 0 unspecified atom stereocenters. The molecule has 32 heavy (non-hydrogen) atoms. The summed E-state index contributed by atoms with van der Waals surface area (Å²) in [6.07, 6.45) is -0.264. The van der Waals surface area contributed by atoms with Crippen molar-refractivity contribution >= 4 is 31.4 Å².